The predicted molar refractivity (Wildman–Crippen MR) is 90.8 cm³/mol. The fourth-order valence-electron chi connectivity index (χ4n) is 6.98. The third-order valence-corrected chi connectivity index (χ3v) is 9.13. The Morgan fingerprint density at radius 2 is 1.82 bits per heavy atom. The Bertz CT molecular complexity index is 492. The normalized spacial score (nSPS) is 57.9. The molecule has 4 aliphatic rings. The second kappa shape index (κ2) is 5.05. The van der Waals surface area contributed by atoms with Crippen LogP contribution in [0.1, 0.15) is 65.2 Å². The van der Waals surface area contributed by atoms with E-state index >= 15 is 0 Å². The summed E-state index contributed by atoms with van der Waals surface area (Å²) in [7, 11) is 0. The number of hydrogen-bond acceptors (Lipinski definition) is 2. The summed E-state index contributed by atoms with van der Waals surface area (Å²) in [6.45, 7) is 4.75. The van der Waals surface area contributed by atoms with E-state index in [9.17, 15) is 9.90 Å². The summed E-state index contributed by atoms with van der Waals surface area (Å²) in [5, 5.41) is 10.1. The molecule has 0 amide bonds. The van der Waals surface area contributed by atoms with Crippen molar-refractivity contribution in [3.63, 3.8) is 0 Å². The minimum atomic E-state index is -0.0662. The van der Waals surface area contributed by atoms with Crippen LogP contribution in [0.15, 0.2) is 0 Å². The first-order chi connectivity index (χ1) is 10.4. The maximum Gasteiger partial charge on any atom is 0.152 e. The summed E-state index contributed by atoms with van der Waals surface area (Å²) in [5.74, 6) is 3.29. The van der Waals surface area contributed by atoms with Crippen LogP contribution in [0.3, 0.4) is 0 Å². The lowest BCUT2D eigenvalue weighted by Gasteiger charge is -2.60. The molecule has 4 fully saturated rings. The van der Waals surface area contributed by atoms with Crippen molar-refractivity contribution in [1.29, 1.82) is 0 Å². The first-order valence-electron chi connectivity index (χ1n) is 9.23. The minimum absolute atomic E-state index is 0.0628. The Morgan fingerprint density at radius 3 is 2.59 bits per heavy atom. The molecule has 4 saturated carbocycles. The number of Topliss-reactive ketones (excluding diaryl/α,β-unsaturated/α-hetero) is 1. The molecule has 0 radical (unpaired) electrons. The van der Waals surface area contributed by atoms with E-state index in [1.807, 2.05) is 0 Å². The van der Waals surface area contributed by atoms with Gasteiger partial charge < -0.3 is 5.11 Å². The molecule has 0 spiro atoms. The third-order valence-electron chi connectivity index (χ3n) is 8.34. The number of fused-ring (bicyclic) bond motifs is 5. The van der Waals surface area contributed by atoms with E-state index in [1.54, 1.807) is 0 Å². The fraction of sp³-hybridized carbons (Fsp3) is 0.947. The molecule has 0 aromatic carbocycles. The van der Waals surface area contributed by atoms with Crippen molar-refractivity contribution in [2.75, 3.05) is 0 Å². The van der Waals surface area contributed by atoms with Gasteiger partial charge in [0, 0.05) is 5.41 Å². The molecule has 2 nitrogen and oxygen atoms in total. The topological polar surface area (TPSA) is 37.3 Å². The highest BCUT2D eigenvalue weighted by molar-refractivity contribution is 9.10. The molecule has 0 aromatic heterocycles. The van der Waals surface area contributed by atoms with Gasteiger partial charge in [-0.3, -0.25) is 4.79 Å². The molecule has 0 saturated heterocycles. The molecule has 0 heterocycles. The van der Waals surface area contributed by atoms with Gasteiger partial charge in [-0.2, -0.15) is 0 Å². The number of carbonyl (C=O) groups excluding carboxylic acids is 1. The van der Waals surface area contributed by atoms with Gasteiger partial charge in [-0.15, -0.1) is 0 Å². The Labute approximate surface area is 142 Å². The van der Waals surface area contributed by atoms with Crippen molar-refractivity contribution in [1.82, 2.24) is 0 Å². The zero-order chi connectivity index (χ0) is 15.7. The van der Waals surface area contributed by atoms with Gasteiger partial charge in [0.2, 0.25) is 0 Å². The SMILES string of the molecule is C[C@]12CC[C@H](O)CC1CC[C@@H]1[C@@H]2CC[C@]2(C)C(=O)C(Br)C[C@@H]12. The lowest BCUT2D eigenvalue weighted by atomic mass is 9.45. The molecule has 0 bridgehead atoms. The van der Waals surface area contributed by atoms with Crippen molar-refractivity contribution in [3.05, 3.63) is 0 Å². The fourth-order valence-corrected chi connectivity index (χ4v) is 7.91. The monoisotopic (exact) mass is 368 g/mol. The number of alkyl halides is 1. The molecule has 3 heteroatoms. The Hall–Kier alpha value is 0.110. The van der Waals surface area contributed by atoms with Gasteiger partial charge in [0.05, 0.1) is 10.9 Å². The first kappa shape index (κ1) is 15.6. The van der Waals surface area contributed by atoms with E-state index in [0.29, 0.717) is 23.0 Å². The first-order valence-corrected chi connectivity index (χ1v) is 10.1. The number of rotatable bonds is 0. The number of aliphatic hydroxyl groups is 1. The number of ketones is 1. The van der Waals surface area contributed by atoms with E-state index in [0.717, 1.165) is 37.5 Å². The van der Waals surface area contributed by atoms with Crippen LogP contribution in [0, 0.1) is 34.5 Å². The highest BCUT2D eigenvalue weighted by atomic mass is 79.9. The van der Waals surface area contributed by atoms with Gasteiger partial charge in [0.25, 0.3) is 0 Å². The largest absolute Gasteiger partial charge is 0.393 e. The summed E-state index contributed by atoms with van der Waals surface area (Å²) in [5.41, 5.74) is 0.351. The van der Waals surface area contributed by atoms with E-state index < -0.39 is 0 Å². The molecular weight excluding hydrogens is 340 g/mol. The van der Waals surface area contributed by atoms with Crippen LogP contribution in [0.2, 0.25) is 0 Å². The highest BCUT2D eigenvalue weighted by Gasteiger charge is 2.61. The van der Waals surface area contributed by atoms with Crippen molar-refractivity contribution >= 4 is 21.7 Å². The molecule has 124 valence electrons. The molecule has 4 rings (SSSR count). The molecule has 1 N–H and O–H groups in total. The second-order valence-corrected chi connectivity index (χ2v) is 10.2. The zero-order valence-corrected chi connectivity index (χ0v) is 15.4. The summed E-state index contributed by atoms with van der Waals surface area (Å²) >= 11 is 3.65. The highest BCUT2D eigenvalue weighted by Crippen LogP contribution is 2.65. The van der Waals surface area contributed by atoms with Crippen molar-refractivity contribution in [2.24, 2.45) is 34.5 Å². The number of carbonyl (C=O) groups is 1. The summed E-state index contributed by atoms with van der Waals surface area (Å²) in [6.07, 6.45) is 9.04. The van der Waals surface area contributed by atoms with E-state index in [2.05, 4.69) is 29.8 Å². The van der Waals surface area contributed by atoms with Gasteiger partial charge in [-0.25, -0.2) is 0 Å². The standard InChI is InChI=1S/C19H29BrO2/c1-18-7-5-12(21)9-11(18)3-4-13-14(18)6-8-19(2)15(13)10-16(20)17(19)22/h11-16,21H,3-10H2,1-2H3/t11?,12-,13+,14-,15-,16?,18-,19-/m0/s1. The molecule has 0 aliphatic heterocycles. The Kier molecular flexibility index (Phi) is 3.59. The van der Waals surface area contributed by atoms with Crippen LogP contribution in [-0.4, -0.2) is 21.8 Å². The summed E-state index contributed by atoms with van der Waals surface area (Å²) in [6, 6.07) is 0. The van der Waals surface area contributed by atoms with Gasteiger partial charge in [0.1, 0.15) is 0 Å². The molecule has 8 atom stereocenters. The van der Waals surface area contributed by atoms with Crippen LogP contribution in [0.4, 0.5) is 0 Å². The van der Waals surface area contributed by atoms with E-state index in [-0.39, 0.29) is 16.3 Å². The minimum Gasteiger partial charge on any atom is -0.393 e. The predicted octanol–water partition coefficient (Wildman–Crippen LogP) is 4.33. The van der Waals surface area contributed by atoms with Crippen LogP contribution in [0.25, 0.3) is 0 Å². The maximum atomic E-state index is 12.7. The molecule has 2 unspecified atom stereocenters. The van der Waals surface area contributed by atoms with Crippen LogP contribution < -0.4 is 0 Å². The van der Waals surface area contributed by atoms with Gasteiger partial charge in [-0.05, 0) is 80.5 Å². The summed E-state index contributed by atoms with van der Waals surface area (Å²) < 4.78 is 0. The van der Waals surface area contributed by atoms with Crippen LogP contribution in [0.5, 0.6) is 0 Å². The average molecular weight is 369 g/mol. The quantitative estimate of drug-likeness (QED) is 0.646. The lowest BCUT2D eigenvalue weighted by Crippen LogP contribution is -2.54. The zero-order valence-electron chi connectivity index (χ0n) is 13.9. The van der Waals surface area contributed by atoms with Gasteiger partial charge in [-0.1, -0.05) is 29.8 Å². The maximum absolute atomic E-state index is 12.7. The molecule has 22 heavy (non-hydrogen) atoms. The van der Waals surface area contributed by atoms with Crippen molar-refractivity contribution < 1.29 is 9.90 Å². The number of aliphatic hydroxyl groups excluding tert-OH is 1. The Morgan fingerprint density at radius 1 is 1.05 bits per heavy atom. The summed E-state index contributed by atoms with van der Waals surface area (Å²) in [4.78, 5) is 12.8. The molecular formula is C19H29BrO2. The van der Waals surface area contributed by atoms with Crippen molar-refractivity contribution in [3.8, 4) is 0 Å². The van der Waals surface area contributed by atoms with E-state index in [1.165, 1.54) is 25.7 Å². The lowest BCUT2D eigenvalue weighted by molar-refractivity contribution is -0.142. The second-order valence-electron chi connectivity index (χ2n) is 9.11. The van der Waals surface area contributed by atoms with E-state index in [4.69, 9.17) is 0 Å². The van der Waals surface area contributed by atoms with Gasteiger partial charge >= 0.3 is 0 Å². The smallest absolute Gasteiger partial charge is 0.152 e. The van der Waals surface area contributed by atoms with Crippen molar-refractivity contribution in [2.45, 2.75) is 76.1 Å². The number of halogens is 1. The third kappa shape index (κ3) is 1.97. The number of hydrogen-bond donors (Lipinski definition) is 1. The van der Waals surface area contributed by atoms with Crippen LogP contribution in [-0.2, 0) is 4.79 Å². The average Bonchev–Trinajstić information content (AvgIpc) is 2.72. The van der Waals surface area contributed by atoms with Crippen LogP contribution >= 0.6 is 15.9 Å². The Balaban J connectivity index is 1.64. The molecule has 4 aliphatic carbocycles. The molecule has 0 aromatic rings. The van der Waals surface area contributed by atoms with Gasteiger partial charge in [0.15, 0.2) is 5.78 Å².